The molecule has 0 radical (unpaired) electrons. The van der Waals surface area contributed by atoms with E-state index in [1.807, 2.05) is 12.1 Å². The SMILES string of the molecule is CN=C(NCc1cccs1)NCc1ccc(OC)cc1OC1CCCC1.I. The molecule has 0 aliphatic heterocycles. The number of nitrogens with zero attached hydrogens (tertiary/aromatic N) is 1. The molecule has 2 aromatic rings. The molecule has 1 heterocycles. The van der Waals surface area contributed by atoms with Crippen LogP contribution in [0.4, 0.5) is 0 Å². The van der Waals surface area contributed by atoms with Crippen LogP contribution < -0.4 is 20.1 Å². The predicted molar refractivity (Wildman–Crippen MR) is 123 cm³/mol. The fourth-order valence-electron chi connectivity index (χ4n) is 3.09. The van der Waals surface area contributed by atoms with Crippen molar-refractivity contribution in [2.45, 2.75) is 44.9 Å². The molecule has 0 atom stereocenters. The van der Waals surface area contributed by atoms with Gasteiger partial charge in [-0.15, -0.1) is 35.3 Å². The van der Waals surface area contributed by atoms with Crippen LogP contribution in [0.25, 0.3) is 0 Å². The highest BCUT2D eigenvalue weighted by Crippen LogP contribution is 2.30. The summed E-state index contributed by atoms with van der Waals surface area (Å²) in [6.45, 7) is 1.42. The van der Waals surface area contributed by atoms with Gasteiger partial charge in [-0.2, -0.15) is 0 Å². The average Bonchev–Trinajstić information content (AvgIpc) is 3.36. The molecule has 0 spiro atoms. The molecule has 7 heteroatoms. The lowest BCUT2D eigenvalue weighted by Crippen LogP contribution is -2.36. The van der Waals surface area contributed by atoms with Crippen molar-refractivity contribution in [2.24, 2.45) is 4.99 Å². The highest BCUT2D eigenvalue weighted by molar-refractivity contribution is 14.0. The Hall–Kier alpha value is -1.48. The van der Waals surface area contributed by atoms with E-state index in [-0.39, 0.29) is 24.0 Å². The van der Waals surface area contributed by atoms with Crippen LogP contribution in [-0.2, 0) is 13.1 Å². The van der Waals surface area contributed by atoms with Gasteiger partial charge in [-0.25, -0.2) is 0 Å². The zero-order chi connectivity index (χ0) is 18.2. The second kappa shape index (κ2) is 11.4. The van der Waals surface area contributed by atoms with Crippen molar-refractivity contribution in [3.05, 3.63) is 46.2 Å². The van der Waals surface area contributed by atoms with Gasteiger partial charge in [0.25, 0.3) is 0 Å². The number of methoxy groups -OCH3 is 1. The van der Waals surface area contributed by atoms with Gasteiger partial charge in [0.1, 0.15) is 11.5 Å². The number of halogens is 1. The summed E-state index contributed by atoms with van der Waals surface area (Å²) in [5.74, 6) is 2.50. The molecule has 1 aromatic carbocycles. The molecular weight excluding hydrogens is 473 g/mol. The zero-order valence-electron chi connectivity index (χ0n) is 15.9. The van der Waals surface area contributed by atoms with E-state index < -0.39 is 0 Å². The highest BCUT2D eigenvalue weighted by atomic mass is 127. The largest absolute Gasteiger partial charge is 0.497 e. The van der Waals surface area contributed by atoms with E-state index in [4.69, 9.17) is 9.47 Å². The fraction of sp³-hybridized carbons (Fsp3) is 0.450. The van der Waals surface area contributed by atoms with E-state index in [0.717, 1.165) is 42.4 Å². The molecule has 27 heavy (non-hydrogen) atoms. The van der Waals surface area contributed by atoms with Gasteiger partial charge in [0.15, 0.2) is 5.96 Å². The quantitative estimate of drug-likeness (QED) is 0.332. The molecule has 0 bridgehead atoms. The lowest BCUT2D eigenvalue weighted by molar-refractivity contribution is 0.207. The normalized spacial score (nSPS) is 14.5. The predicted octanol–water partition coefficient (Wildman–Crippen LogP) is 4.56. The number of benzene rings is 1. The van der Waals surface area contributed by atoms with Gasteiger partial charge in [0, 0.05) is 30.1 Å². The van der Waals surface area contributed by atoms with Crippen molar-refractivity contribution in [1.82, 2.24) is 10.6 Å². The summed E-state index contributed by atoms with van der Waals surface area (Å²) in [4.78, 5) is 5.58. The molecule has 3 rings (SSSR count). The van der Waals surface area contributed by atoms with Crippen LogP contribution in [0.5, 0.6) is 11.5 Å². The molecule has 5 nitrogen and oxygen atoms in total. The fourth-order valence-corrected chi connectivity index (χ4v) is 3.73. The van der Waals surface area contributed by atoms with E-state index >= 15 is 0 Å². The monoisotopic (exact) mass is 501 g/mol. The number of hydrogen-bond donors (Lipinski definition) is 2. The first-order valence-electron chi connectivity index (χ1n) is 9.09. The molecule has 0 saturated heterocycles. The molecule has 0 unspecified atom stereocenters. The van der Waals surface area contributed by atoms with Crippen molar-refractivity contribution < 1.29 is 9.47 Å². The summed E-state index contributed by atoms with van der Waals surface area (Å²) < 4.78 is 11.6. The minimum Gasteiger partial charge on any atom is -0.497 e. The van der Waals surface area contributed by atoms with Gasteiger partial charge in [0.05, 0.1) is 19.8 Å². The molecule has 1 fully saturated rings. The minimum absolute atomic E-state index is 0. The van der Waals surface area contributed by atoms with Crippen LogP contribution in [0.3, 0.4) is 0 Å². The van der Waals surface area contributed by atoms with Gasteiger partial charge in [0.2, 0.25) is 0 Å². The Bertz CT molecular complexity index is 716. The van der Waals surface area contributed by atoms with Crippen molar-refractivity contribution in [1.29, 1.82) is 0 Å². The summed E-state index contributed by atoms with van der Waals surface area (Å²) in [5, 5.41) is 8.80. The standard InChI is InChI=1S/C20H27N3O2S.HI/c1-21-20(23-14-18-8-5-11-26-18)22-13-15-9-10-17(24-2)12-19(15)25-16-6-3-4-7-16;/h5,8-12,16H,3-4,6-7,13-14H2,1-2H3,(H2,21,22,23);1H. The topological polar surface area (TPSA) is 54.9 Å². The van der Waals surface area contributed by atoms with Crippen LogP contribution in [0, 0.1) is 0 Å². The van der Waals surface area contributed by atoms with E-state index in [9.17, 15) is 0 Å². The van der Waals surface area contributed by atoms with Gasteiger partial charge in [-0.1, -0.05) is 6.07 Å². The third-order valence-electron chi connectivity index (χ3n) is 4.55. The summed E-state index contributed by atoms with van der Waals surface area (Å²) in [7, 11) is 3.47. The van der Waals surface area contributed by atoms with Crippen molar-refractivity contribution in [3.8, 4) is 11.5 Å². The average molecular weight is 501 g/mol. The molecule has 1 aromatic heterocycles. The maximum atomic E-state index is 6.26. The number of nitrogens with one attached hydrogen (secondary N) is 2. The lowest BCUT2D eigenvalue weighted by Gasteiger charge is -2.18. The summed E-state index contributed by atoms with van der Waals surface area (Å²) in [6, 6.07) is 10.2. The number of ether oxygens (including phenoxy) is 2. The first kappa shape index (κ1) is 21.8. The van der Waals surface area contributed by atoms with Crippen molar-refractivity contribution in [3.63, 3.8) is 0 Å². The molecular formula is C20H28IN3O2S. The van der Waals surface area contributed by atoms with Crippen LogP contribution >= 0.6 is 35.3 Å². The van der Waals surface area contributed by atoms with Crippen molar-refractivity contribution in [2.75, 3.05) is 14.2 Å². The molecule has 2 N–H and O–H groups in total. The Morgan fingerprint density at radius 3 is 2.63 bits per heavy atom. The highest BCUT2D eigenvalue weighted by Gasteiger charge is 2.18. The van der Waals surface area contributed by atoms with Gasteiger partial charge < -0.3 is 20.1 Å². The minimum atomic E-state index is 0. The molecule has 1 aliphatic carbocycles. The van der Waals surface area contributed by atoms with Crippen molar-refractivity contribution >= 4 is 41.3 Å². The maximum absolute atomic E-state index is 6.26. The van der Waals surface area contributed by atoms with E-state index in [0.29, 0.717) is 12.6 Å². The number of thiophene rings is 1. The number of aliphatic imine (C=N–C) groups is 1. The van der Waals surface area contributed by atoms with Crippen LogP contribution in [0.15, 0.2) is 40.7 Å². The van der Waals surface area contributed by atoms with Gasteiger partial charge >= 0.3 is 0 Å². The smallest absolute Gasteiger partial charge is 0.191 e. The first-order chi connectivity index (χ1) is 12.8. The van der Waals surface area contributed by atoms with E-state index in [2.05, 4.69) is 39.2 Å². The maximum Gasteiger partial charge on any atom is 0.191 e. The number of hydrogen-bond acceptors (Lipinski definition) is 4. The third-order valence-corrected chi connectivity index (χ3v) is 5.43. The molecule has 1 saturated carbocycles. The first-order valence-corrected chi connectivity index (χ1v) is 9.97. The Balaban J connectivity index is 0.00000261. The summed E-state index contributed by atoms with van der Waals surface area (Å²) in [6.07, 6.45) is 5.09. The van der Waals surface area contributed by atoms with Crippen LogP contribution in [0.1, 0.15) is 36.1 Å². The number of rotatable bonds is 7. The third kappa shape index (κ3) is 6.57. The Morgan fingerprint density at radius 1 is 1.19 bits per heavy atom. The lowest BCUT2D eigenvalue weighted by atomic mass is 10.2. The van der Waals surface area contributed by atoms with Crippen LogP contribution in [0.2, 0.25) is 0 Å². The second-order valence-corrected chi connectivity index (χ2v) is 7.39. The Morgan fingerprint density at radius 2 is 1.96 bits per heavy atom. The summed E-state index contributed by atoms with van der Waals surface area (Å²) in [5.41, 5.74) is 1.11. The number of guanidine groups is 1. The molecule has 1 aliphatic rings. The zero-order valence-corrected chi connectivity index (χ0v) is 19.0. The molecule has 0 amide bonds. The Labute approximate surface area is 182 Å². The van der Waals surface area contributed by atoms with E-state index in [1.54, 1.807) is 25.5 Å². The summed E-state index contributed by atoms with van der Waals surface area (Å²) >= 11 is 1.73. The second-order valence-electron chi connectivity index (χ2n) is 6.36. The Kier molecular flexibility index (Phi) is 9.20. The van der Waals surface area contributed by atoms with Gasteiger partial charge in [-0.05, 0) is 49.3 Å². The van der Waals surface area contributed by atoms with Gasteiger partial charge in [-0.3, -0.25) is 4.99 Å². The van der Waals surface area contributed by atoms with E-state index in [1.165, 1.54) is 17.7 Å². The molecule has 148 valence electrons. The van der Waals surface area contributed by atoms with Crippen LogP contribution in [-0.4, -0.2) is 26.2 Å².